The number of benzene rings is 1. The predicted octanol–water partition coefficient (Wildman–Crippen LogP) is 1.31. The highest BCUT2D eigenvalue weighted by Crippen LogP contribution is 2.19. The first-order valence-corrected chi connectivity index (χ1v) is 5.18. The summed E-state index contributed by atoms with van der Waals surface area (Å²) in [6.45, 7) is 0. The van der Waals surface area contributed by atoms with Gasteiger partial charge in [-0.3, -0.25) is 14.6 Å². The Bertz CT molecular complexity index is 658. The summed E-state index contributed by atoms with van der Waals surface area (Å²) >= 11 is 0. The number of carbonyl (C=O) groups is 1. The lowest BCUT2D eigenvalue weighted by molar-refractivity contribution is 0.0601. The molecule has 18 heavy (non-hydrogen) atoms. The van der Waals surface area contributed by atoms with Crippen LogP contribution in [0.3, 0.4) is 0 Å². The highest BCUT2D eigenvalue weighted by molar-refractivity contribution is 5.90. The number of methoxy groups -OCH3 is 1. The van der Waals surface area contributed by atoms with Crippen LogP contribution in [0.15, 0.2) is 29.1 Å². The minimum Gasteiger partial charge on any atom is -0.465 e. The number of H-pyrrole nitrogens is 1. The fraction of sp³-hybridized carbons (Fsp3) is 0.167. The van der Waals surface area contributed by atoms with Gasteiger partial charge >= 0.3 is 5.97 Å². The van der Waals surface area contributed by atoms with Gasteiger partial charge in [0.25, 0.3) is 5.56 Å². The van der Waals surface area contributed by atoms with Crippen molar-refractivity contribution in [2.45, 2.75) is 0 Å². The van der Waals surface area contributed by atoms with E-state index in [0.29, 0.717) is 5.56 Å². The third-order valence-corrected chi connectivity index (χ3v) is 2.58. The van der Waals surface area contributed by atoms with Crippen LogP contribution < -0.4 is 5.56 Å². The van der Waals surface area contributed by atoms with E-state index >= 15 is 0 Å². The summed E-state index contributed by atoms with van der Waals surface area (Å²) in [5.74, 6) is -1.27. The number of carbonyl (C=O) groups excluding carboxylic acids is 1. The molecule has 1 aromatic heterocycles. The van der Waals surface area contributed by atoms with Gasteiger partial charge in [-0.1, -0.05) is 12.1 Å². The van der Waals surface area contributed by atoms with E-state index in [9.17, 15) is 14.0 Å². The van der Waals surface area contributed by atoms with Crippen molar-refractivity contribution >= 4 is 5.97 Å². The summed E-state index contributed by atoms with van der Waals surface area (Å²) in [6, 6.07) is 6.07. The molecule has 1 aromatic carbocycles. The van der Waals surface area contributed by atoms with Gasteiger partial charge in [-0.2, -0.15) is 4.39 Å². The fourth-order valence-electron chi connectivity index (χ4n) is 1.69. The maximum absolute atomic E-state index is 13.6. The monoisotopic (exact) mass is 250 g/mol. The molecule has 6 heteroatoms. The molecule has 1 heterocycles. The van der Waals surface area contributed by atoms with Gasteiger partial charge in [0.1, 0.15) is 5.56 Å². The number of esters is 1. The molecule has 1 N–H and O–H groups in total. The highest BCUT2D eigenvalue weighted by Gasteiger charge is 2.16. The number of aromatic amines is 1. The maximum Gasteiger partial charge on any atom is 0.337 e. The van der Waals surface area contributed by atoms with Crippen LogP contribution in [0.2, 0.25) is 0 Å². The number of aromatic nitrogens is 2. The average molecular weight is 250 g/mol. The number of halogens is 1. The summed E-state index contributed by atoms with van der Waals surface area (Å²) in [7, 11) is 2.67. The van der Waals surface area contributed by atoms with E-state index in [0.717, 1.165) is 4.68 Å². The molecule has 0 spiro atoms. The Balaban J connectivity index is 2.58. The molecule has 0 aliphatic carbocycles. The van der Waals surface area contributed by atoms with Crippen LogP contribution in [-0.2, 0) is 11.8 Å². The molecule has 2 aromatic rings. The molecule has 94 valence electrons. The zero-order chi connectivity index (χ0) is 13.3. The van der Waals surface area contributed by atoms with Crippen molar-refractivity contribution in [3.63, 3.8) is 0 Å². The minimum absolute atomic E-state index is 0.0942. The van der Waals surface area contributed by atoms with E-state index in [1.54, 1.807) is 12.1 Å². The summed E-state index contributed by atoms with van der Waals surface area (Å²) in [5, 5.41) is 2.26. The first-order chi connectivity index (χ1) is 8.54. The predicted molar refractivity (Wildman–Crippen MR) is 62.8 cm³/mol. The van der Waals surface area contributed by atoms with Gasteiger partial charge < -0.3 is 4.74 Å². The van der Waals surface area contributed by atoms with Crippen molar-refractivity contribution in [3.05, 3.63) is 46.1 Å². The summed E-state index contributed by atoms with van der Waals surface area (Å²) in [6.07, 6.45) is 0. The summed E-state index contributed by atoms with van der Waals surface area (Å²) in [4.78, 5) is 23.1. The molecule has 0 saturated heterocycles. The standard InChI is InChI=1S/C12H11FN2O3/c1-15-11(16)9(10(13)14-15)7-4-3-5-8(6-7)12(17)18-2/h3-6,14H,1-2H3. The largest absolute Gasteiger partial charge is 0.465 e. The number of nitrogens with zero attached hydrogens (tertiary/aromatic N) is 1. The normalized spacial score (nSPS) is 10.4. The van der Waals surface area contributed by atoms with Crippen molar-refractivity contribution in [2.24, 2.45) is 7.05 Å². The molecular formula is C12H11FN2O3. The second-order valence-corrected chi connectivity index (χ2v) is 3.74. The van der Waals surface area contributed by atoms with Crippen LogP contribution in [0.1, 0.15) is 10.4 Å². The van der Waals surface area contributed by atoms with Crippen molar-refractivity contribution in [2.75, 3.05) is 7.11 Å². The molecule has 0 fully saturated rings. The molecule has 0 aliphatic heterocycles. The molecule has 0 unspecified atom stereocenters. The second-order valence-electron chi connectivity index (χ2n) is 3.74. The second kappa shape index (κ2) is 4.48. The summed E-state index contributed by atoms with van der Waals surface area (Å²) < 4.78 is 19.2. The van der Waals surface area contributed by atoms with E-state index in [1.165, 1.54) is 26.3 Å². The van der Waals surface area contributed by atoms with E-state index in [2.05, 4.69) is 9.84 Å². The topological polar surface area (TPSA) is 64.1 Å². The Morgan fingerprint density at radius 1 is 1.44 bits per heavy atom. The zero-order valence-electron chi connectivity index (χ0n) is 9.86. The number of nitrogens with one attached hydrogen (secondary N) is 1. The number of aryl methyl sites for hydroxylation is 1. The third kappa shape index (κ3) is 1.92. The maximum atomic E-state index is 13.6. The van der Waals surface area contributed by atoms with Gasteiger partial charge in [0, 0.05) is 7.05 Å². The lowest BCUT2D eigenvalue weighted by Gasteiger charge is -2.01. The Kier molecular flexibility index (Phi) is 3.01. The van der Waals surface area contributed by atoms with Crippen LogP contribution >= 0.6 is 0 Å². The first-order valence-electron chi connectivity index (χ1n) is 5.18. The molecule has 0 atom stereocenters. The van der Waals surface area contributed by atoms with Crippen LogP contribution in [0.25, 0.3) is 11.1 Å². The molecule has 5 nitrogen and oxygen atoms in total. The lowest BCUT2D eigenvalue weighted by atomic mass is 10.1. The van der Waals surface area contributed by atoms with Crippen LogP contribution in [-0.4, -0.2) is 22.9 Å². The molecule has 0 saturated carbocycles. The molecule has 0 aliphatic rings. The van der Waals surface area contributed by atoms with E-state index in [4.69, 9.17) is 0 Å². The van der Waals surface area contributed by atoms with Crippen LogP contribution in [0, 0.1) is 5.95 Å². The first kappa shape index (κ1) is 12.1. The SMILES string of the molecule is COC(=O)c1cccc(-c2c(F)[nH]n(C)c2=O)c1. The Morgan fingerprint density at radius 3 is 2.72 bits per heavy atom. The van der Waals surface area contributed by atoms with Crippen molar-refractivity contribution < 1.29 is 13.9 Å². The Labute approximate surface area is 102 Å². The van der Waals surface area contributed by atoms with Gasteiger partial charge in [-0.25, -0.2) is 4.79 Å². The quantitative estimate of drug-likeness (QED) is 0.817. The van der Waals surface area contributed by atoms with Gasteiger partial charge in [0.2, 0.25) is 5.95 Å². The van der Waals surface area contributed by atoms with Gasteiger partial charge in [-0.15, -0.1) is 0 Å². The Morgan fingerprint density at radius 2 is 2.17 bits per heavy atom. The highest BCUT2D eigenvalue weighted by atomic mass is 19.1. The number of hydrogen-bond donors (Lipinski definition) is 1. The number of rotatable bonds is 2. The zero-order valence-corrected chi connectivity index (χ0v) is 9.86. The lowest BCUT2D eigenvalue weighted by Crippen LogP contribution is -2.13. The fourth-order valence-corrected chi connectivity index (χ4v) is 1.69. The van der Waals surface area contributed by atoms with E-state index < -0.39 is 17.5 Å². The van der Waals surface area contributed by atoms with Crippen molar-refractivity contribution in [3.8, 4) is 11.1 Å². The summed E-state index contributed by atoms with van der Waals surface area (Å²) in [5.41, 5.74) is 0.00710. The smallest absolute Gasteiger partial charge is 0.337 e. The van der Waals surface area contributed by atoms with E-state index in [1.807, 2.05) is 0 Å². The van der Waals surface area contributed by atoms with Crippen molar-refractivity contribution in [1.29, 1.82) is 0 Å². The average Bonchev–Trinajstić information content (AvgIpc) is 2.62. The number of hydrogen-bond acceptors (Lipinski definition) is 3. The molecule has 0 radical (unpaired) electrons. The molecule has 0 bridgehead atoms. The van der Waals surface area contributed by atoms with Crippen LogP contribution in [0.4, 0.5) is 4.39 Å². The third-order valence-electron chi connectivity index (χ3n) is 2.58. The molecule has 2 rings (SSSR count). The van der Waals surface area contributed by atoms with Gasteiger partial charge in [-0.05, 0) is 17.7 Å². The van der Waals surface area contributed by atoms with Gasteiger partial charge in [0.15, 0.2) is 0 Å². The van der Waals surface area contributed by atoms with Crippen molar-refractivity contribution in [1.82, 2.24) is 9.78 Å². The molecular weight excluding hydrogens is 239 g/mol. The van der Waals surface area contributed by atoms with Crippen LogP contribution in [0.5, 0.6) is 0 Å². The van der Waals surface area contributed by atoms with Gasteiger partial charge in [0.05, 0.1) is 12.7 Å². The minimum atomic E-state index is -0.732. The molecule has 0 amide bonds. The van der Waals surface area contributed by atoms with E-state index in [-0.39, 0.29) is 11.1 Å². The Hall–Kier alpha value is -2.37. The number of ether oxygens (including phenoxy) is 1.